The average molecular weight is 233 g/mol. The van der Waals surface area contributed by atoms with E-state index in [9.17, 15) is 14.7 Å². The second-order valence-electron chi connectivity index (χ2n) is 3.65. The lowest BCUT2D eigenvalue weighted by molar-refractivity contribution is -0.124. The van der Waals surface area contributed by atoms with Crippen molar-refractivity contribution in [2.24, 2.45) is 0 Å². The second kappa shape index (κ2) is 4.29. The van der Waals surface area contributed by atoms with E-state index in [0.717, 1.165) is 0 Å². The molecule has 2 rings (SSSR count). The van der Waals surface area contributed by atoms with E-state index in [0.29, 0.717) is 16.9 Å². The number of aromatic hydroxyl groups is 1. The number of hydrogen-bond acceptors (Lipinski definition) is 4. The van der Waals surface area contributed by atoms with Gasteiger partial charge < -0.3 is 9.84 Å². The van der Waals surface area contributed by atoms with Gasteiger partial charge >= 0.3 is 0 Å². The fourth-order valence-corrected chi connectivity index (χ4v) is 1.62. The molecule has 0 spiro atoms. The molecule has 0 unspecified atom stereocenters. The van der Waals surface area contributed by atoms with Crippen molar-refractivity contribution in [3.8, 4) is 11.5 Å². The van der Waals surface area contributed by atoms with Gasteiger partial charge in [0.2, 0.25) is 5.91 Å². The van der Waals surface area contributed by atoms with Gasteiger partial charge in [0, 0.05) is 5.57 Å². The molecule has 1 heterocycles. The predicted molar refractivity (Wildman–Crippen MR) is 60.4 cm³/mol. The van der Waals surface area contributed by atoms with Gasteiger partial charge in [-0.25, -0.2) is 0 Å². The largest absolute Gasteiger partial charge is 0.504 e. The van der Waals surface area contributed by atoms with Crippen LogP contribution in [0.5, 0.6) is 11.5 Å². The summed E-state index contributed by atoms with van der Waals surface area (Å²) in [6.45, 7) is 0. The molecule has 1 fully saturated rings. The zero-order valence-electron chi connectivity index (χ0n) is 9.19. The van der Waals surface area contributed by atoms with Crippen molar-refractivity contribution in [2.45, 2.75) is 6.42 Å². The minimum atomic E-state index is -0.384. The first-order valence-electron chi connectivity index (χ1n) is 5.02. The summed E-state index contributed by atoms with van der Waals surface area (Å²) in [6.07, 6.45) is 1.64. The average Bonchev–Trinajstić information content (AvgIpc) is 2.58. The van der Waals surface area contributed by atoms with Crippen LogP contribution in [0.3, 0.4) is 0 Å². The van der Waals surface area contributed by atoms with Crippen LogP contribution in [0.15, 0.2) is 23.8 Å². The Balaban J connectivity index is 2.30. The van der Waals surface area contributed by atoms with Crippen LogP contribution in [-0.2, 0) is 9.59 Å². The monoisotopic (exact) mass is 233 g/mol. The Morgan fingerprint density at radius 2 is 2.18 bits per heavy atom. The molecule has 17 heavy (non-hydrogen) atoms. The number of methoxy groups -OCH3 is 1. The van der Waals surface area contributed by atoms with Gasteiger partial charge in [-0.15, -0.1) is 0 Å². The minimum absolute atomic E-state index is 0.00779. The summed E-state index contributed by atoms with van der Waals surface area (Å²) in [5, 5.41) is 11.8. The third-order valence-corrected chi connectivity index (χ3v) is 2.44. The van der Waals surface area contributed by atoms with Crippen LogP contribution in [0, 0.1) is 0 Å². The van der Waals surface area contributed by atoms with Crippen molar-refractivity contribution in [1.82, 2.24) is 5.32 Å². The van der Waals surface area contributed by atoms with E-state index < -0.39 is 0 Å². The third kappa shape index (κ3) is 2.28. The number of amides is 2. The van der Waals surface area contributed by atoms with Crippen LogP contribution in [0.4, 0.5) is 0 Å². The molecule has 1 saturated heterocycles. The Labute approximate surface area is 97.7 Å². The standard InChI is InChI=1S/C12H11NO4/c1-17-10-3-2-7(5-9(10)14)4-8-6-11(15)13-12(8)16/h2-5,14H,6H2,1H3,(H,13,15,16). The van der Waals surface area contributed by atoms with E-state index in [4.69, 9.17) is 4.74 Å². The van der Waals surface area contributed by atoms with Gasteiger partial charge in [-0.1, -0.05) is 6.07 Å². The predicted octanol–water partition coefficient (Wildman–Crippen LogP) is 0.831. The first-order valence-corrected chi connectivity index (χ1v) is 5.02. The van der Waals surface area contributed by atoms with Crippen molar-refractivity contribution in [3.63, 3.8) is 0 Å². The maximum absolute atomic E-state index is 11.3. The number of carbonyl (C=O) groups is 2. The Morgan fingerprint density at radius 3 is 2.71 bits per heavy atom. The molecule has 88 valence electrons. The van der Waals surface area contributed by atoms with Gasteiger partial charge in [0.1, 0.15) is 0 Å². The van der Waals surface area contributed by atoms with E-state index in [2.05, 4.69) is 5.32 Å². The number of nitrogens with one attached hydrogen (secondary N) is 1. The summed E-state index contributed by atoms with van der Waals surface area (Å²) in [5.74, 6) is -0.338. The van der Waals surface area contributed by atoms with Crippen LogP contribution < -0.4 is 10.1 Å². The third-order valence-electron chi connectivity index (χ3n) is 2.44. The molecule has 0 radical (unpaired) electrons. The molecule has 2 amide bonds. The normalized spacial score (nSPS) is 17.4. The number of phenolic OH excluding ortho intramolecular Hbond substituents is 1. The van der Waals surface area contributed by atoms with Gasteiger partial charge in [-0.05, 0) is 23.8 Å². The van der Waals surface area contributed by atoms with E-state index in [1.807, 2.05) is 0 Å². The van der Waals surface area contributed by atoms with Crippen LogP contribution >= 0.6 is 0 Å². The summed E-state index contributed by atoms with van der Waals surface area (Å²) < 4.78 is 4.90. The number of ether oxygens (including phenoxy) is 1. The fourth-order valence-electron chi connectivity index (χ4n) is 1.62. The Kier molecular flexibility index (Phi) is 2.82. The molecule has 0 aliphatic carbocycles. The van der Waals surface area contributed by atoms with E-state index >= 15 is 0 Å². The van der Waals surface area contributed by atoms with E-state index in [1.165, 1.54) is 13.2 Å². The molecular weight excluding hydrogens is 222 g/mol. The topological polar surface area (TPSA) is 75.6 Å². The number of carbonyl (C=O) groups excluding carboxylic acids is 2. The number of hydrogen-bond donors (Lipinski definition) is 2. The Hall–Kier alpha value is -2.30. The number of benzene rings is 1. The maximum atomic E-state index is 11.3. The van der Waals surface area contributed by atoms with Gasteiger partial charge in [0.05, 0.1) is 13.5 Å². The van der Waals surface area contributed by atoms with Crippen molar-refractivity contribution >= 4 is 17.9 Å². The molecule has 1 aliphatic heterocycles. The van der Waals surface area contributed by atoms with Crippen LogP contribution in [0.1, 0.15) is 12.0 Å². The zero-order valence-corrected chi connectivity index (χ0v) is 9.19. The van der Waals surface area contributed by atoms with E-state index in [-0.39, 0.29) is 24.0 Å². The number of imide groups is 1. The van der Waals surface area contributed by atoms with Gasteiger partial charge in [-0.2, -0.15) is 0 Å². The smallest absolute Gasteiger partial charge is 0.254 e. The summed E-state index contributed by atoms with van der Waals surface area (Å²) in [7, 11) is 1.45. The summed E-state index contributed by atoms with van der Waals surface area (Å²) in [6, 6.07) is 4.76. The Bertz CT molecular complexity index is 519. The zero-order chi connectivity index (χ0) is 12.4. The first-order chi connectivity index (χ1) is 8.10. The lowest BCUT2D eigenvalue weighted by atomic mass is 10.1. The second-order valence-corrected chi connectivity index (χ2v) is 3.65. The molecule has 1 aromatic rings. The molecule has 2 N–H and O–H groups in total. The molecule has 5 nitrogen and oxygen atoms in total. The minimum Gasteiger partial charge on any atom is -0.504 e. The number of rotatable bonds is 2. The van der Waals surface area contributed by atoms with Crippen molar-refractivity contribution in [2.75, 3.05) is 7.11 Å². The van der Waals surface area contributed by atoms with Crippen LogP contribution in [-0.4, -0.2) is 24.0 Å². The van der Waals surface area contributed by atoms with Crippen molar-refractivity contribution < 1.29 is 19.4 Å². The maximum Gasteiger partial charge on any atom is 0.254 e. The highest BCUT2D eigenvalue weighted by atomic mass is 16.5. The lowest BCUT2D eigenvalue weighted by Gasteiger charge is -2.03. The fraction of sp³-hybridized carbons (Fsp3) is 0.167. The highest BCUT2D eigenvalue weighted by Gasteiger charge is 2.23. The summed E-state index contributed by atoms with van der Waals surface area (Å²) in [4.78, 5) is 22.3. The molecular formula is C12H11NO4. The number of phenols is 1. The molecule has 1 aromatic carbocycles. The molecule has 0 atom stereocenters. The Morgan fingerprint density at radius 1 is 1.41 bits per heavy atom. The summed E-state index contributed by atoms with van der Waals surface area (Å²) in [5.41, 5.74) is 1.03. The SMILES string of the molecule is COc1ccc(C=C2CC(=O)NC2=O)cc1O. The van der Waals surface area contributed by atoms with Crippen LogP contribution in [0.2, 0.25) is 0 Å². The quantitative estimate of drug-likeness (QED) is 0.586. The molecule has 0 saturated carbocycles. The molecule has 0 bridgehead atoms. The lowest BCUT2D eigenvalue weighted by Crippen LogP contribution is -2.19. The first kappa shape index (κ1) is 11.2. The van der Waals surface area contributed by atoms with Crippen molar-refractivity contribution in [1.29, 1.82) is 0 Å². The summed E-state index contributed by atoms with van der Waals surface area (Å²) >= 11 is 0. The highest BCUT2D eigenvalue weighted by molar-refractivity contribution is 6.15. The highest BCUT2D eigenvalue weighted by Crippen LogP contribution is 2.27. The molecule has 1 aliphatic rings. The van der Waals surface area contributed by atoms with Gasteiger partial charge in [0.15, 0.2) is 11.5 Å². The van der Waals surface area contributed by atoms with Crippen LogP contribution in [0.25, 0.3) is 6.08 Å². The molecule has 0 aromatic heterocycles. The molecule has 5 heteroatoms. The van der Waals surface area contributed by atoms with Gasteiger partial charge in [0.25, 0.3) is 5.91 Å². The van der Waals surface area contributed by atoms with Gasteiger partial charge in [-0.3, -0.25) is 14.9 Å². The van der Waals surface area contributed by atoms with Crippen molar-refractivity contribution in [3.05, 3.63) is 29.3 Å². The van der Waals surface area contributed by atoms with E-state index in [1.54, 1.807) is 18.2 Å².